The highest BCUT2D eigenvalue weighted by atomic mass is 16.5. The molecule has 2 atom stereocenters. The lowest BCUT2D eigenvalue weighted by atomic mass is 10.0. The van der Waals surface area contributed by atoms with Gasteiger partial charge in [-0.3, -0.25) is 4.79 Å². The van der Waals surface area contributed by atoms with Gasteiger partial charge in [0.25, 0.3) is 0 Å². The first-order valence-corrected chi connectivity index (χ1v) is 6.90. The maximum Gasteiger partial charge on any atom is 0.332 e. The van der Waals surface area contributed by atoms with Gasteiger partial charge in [0.05, 0.1) is 19.8 Å². The third-order valence-corrected chi connectivity index (χ3v) is 3.07. The molecular weight excluding hydrogens is 272 g/mol. The first kappa shape index (κ1) is 17.0. The van der Waals surface area contributed by atoms with E-state index < -0.39 is 17.9 Å². The van der Waals surface area contributed by atoms with Crippen molar-refractivity contribution in [3.8, 4) is 5.75 Å². The fourth-order valence-corrected chi connectivity index (χ4v) is 1.86. The molecule has 0 radical (unpaired) electrons. The zero-order chi connectivity index (χ0) is 15.8. The lowest BCUT2D eigenvalue weighted by Crippen LogP contribution is -2.47. The van der Waals surface area contributed by atoms with Crippen LogP contribution in [0.4, 0.5) is 0 Å². The van der Waals surface area contributed by atoms with Crippen LogP contribution >= 0.6 is 0 Å². The number of esters is 1. The molecule has 0 aliphatic carbocycles. The number of nitrogens with two attached hydrogens (primary N) is 1. The largest absolute Gasteiger partial charge is 0.497 e. The zero-order valence-corrected chi connectivity index (χ0v) is 12.6. The Hall–Kier alpha value is -2.08. The molecule has 0 fully saturated rings. The number of nitrogens with one attached hydrogen (secondary N) is 1. The van der Waals surface area contributed by atoms with E-state index in [9.17, 15) is 9.59 Å². The van der Waals surface area contributed by atoms with Crippen molar-refractivity contribution in [1.82, 2.24) is 5.32 Å². The summed E-state index contributed by atoms with van der Waals surface area (Å²) in [6.45, 7) is 3.79. The Morgan fingerprint density at radius 2 is 1.86 bits per heavy atom. The van der Waals surface area contributed by atoms with E-state index in [1.807, 2.05) is 31.2 Å². The van der Waals surface area contributed by atoms with Gasteiger partial charge in [0.1, 0.15) is 5.75 Å². The van der Waals surface area contributed by atoms with Gasteiger partial charge >= 0.3 is 5.97 Å². The van der Waals surface area contributed by atoms with Gasteiger partial charge in [0.2, 0.25) is 5.91 Å². The van der Waals surface area contributed by atoms with E-state index in [0.29, 0.717) is 6.42 Å². The number of amides is 1. The van der Waals surface area contributed by atoms with Gasteiger partial charge in [-0.2, -0.15) is 0 Å². The van der Waals surface area contributed by atoms with Crippen molar-refractivity contribution in [1.29, 1.82) is 0 Å². The van der Waals surface area contributed by atoms with Crippen LogP contribution in [-0.2, 0) is 14.3 Å². The van der Waals surface area contributed by atoms with Crippen LogP contribution in [0, 0.1) is 0 Å². The summed E-state index contributed by atoms with van der Waals surface area (Å²) in [7, 11) is 1.59. The number of methoxy groups -OCH3 is 1. The van der Waals surface area contributed by atoms with Gasteiger partial charge in [-0.05, 0) is 31.0 Å². The number of ether oxygens (including phenoxy) is 2. The van der Waals surface area contributed by atoms with E-state index in [1.54, 1.807) is 14.0 Å². The fraction of sp³-hybridized carbons (Fsp3) is 0.467. The Morgan fingerprint density at radius 1 is 1.24 bits per heavy atom. The van der Waals surface area contributed by atoms with Gasteiger partial charge in [-0.1, -0.05) is 19.1 Å². The number of carbonyl (C=O) groups excluding carboxylic acids is 2. The molecule has 0 spiro atoms. The van der Waals surface area contributed by atoms with E-state index in [0.717, 1.165) is 11.3 Å². The average molecular weight is 294 g/mol. The summed E-state index contributed by atoms with van der Waals surface area (Å²) in [6.07, 6.45) is 0.674. The van der Waals surface area contributed by atoms with Crippen LogP contribution in [0.1, 0.15) is 31.9 Å². The minimum Gasteiger partial charge on any atom is -0.497 e. The number of carbonyl (C=O) groups is 2. The lowest BCUT2D eigenvalue weighted by molar-refractivity contribution is -0.148. The minimum absolute atomic E-state index is 0.190. The van der Waals surface area contributed by atoms with Gasteiger partial charge in [-0.25, -0.2) is 4.79 Å². The van der Waals surface area contributed by atoms with E-state index >= 15 is 0 Å². The molecular formula is C15H22N2O4. The van der Waals surface area contributed by atoms with Crippen LogP contribution < -0.4 is 15.8 Å². The van der Waals surface area contributed by atoms with Crippen LogP contribution in [0.2, 0.25) is 0 Å². The third kappa shape index (κ3) is 4.75. The summed E-state index contributed by atoms with van der Waals surface area (Å²) in [5.41, 5.74) is 6.49. The third-order valence-electron chi connectivity index (χ3n) is 3.07. The Balaban J connectivity index is 2.72. The predicted octanol–water partition coefficient (Wildman–Crippen LogP) is 1.15. The lowest BCUT2D eigenvalue weighted by Gasteiger charge is -2.19. The van der Waals surface area contributed by atoms with Crippen molar-refractivity contribution in [3.05, 3.63) is 29.8 Å². The van der Waals surface area contributed by atoms with Crippen molar-refractivity contribution in [2.24, 2.45) is 5.73 Å². The zero-order valence-electron chi connectivity index (χ0n) is 12.6. The predicted molar refractivity (Wildman–Crippen MR) is 78.8 cm³/mol. The Bertz CT molecular complexity index is 473. The quantitative estimate of drug-likeness (QED) is 0.581. The Kier molecular flexibility index (Phi) is 6.68. The first-order chi connectivity index (χ1) is 10.0. The molecule has 2 unspecified atom stereocenters. The highest BCUT2D eigenvalue weighted by Gasteiger charge is 2.25. The highest BCUT2D eigenvalue weighted by molar-refractivity contribution is 6.01. The summed E-state index contributed by atoms with van der Waals surface area (Å²) < 4.78 is 9.83. The summed E-state index contributed by atoms with van der Waals surface area (Å²) in [6, 6.07) is 5.83. The van der Waals surface area contributed by atoms with Gasteiger partial charge in [0, 0.05) is 0 Å². The topological polar surface area (TPSA) is 90.7 Å². The van der Waals surface area contributed by atoms with Crippen molar-refractivity contribution in [3.63, 3.8) is 0 Å². The maximum atomic E-state index is 12.0. The van der Waals surface area contributed by atoms with Crippen LogP contribution in [0.3, 0.4) is 0 Å². The molecule has 0 aliphatic heterocycles. The van der Waals surface area contributed by atoms with E-state index in [1.165, 1.54) is 0 Å². The molecule has 1 rings (SSSR count). The summed E-state index contributed by atoms with van der Waals surface area (Å²) in [5, 5.41) is 2.75. The van der Waals surface area contributed by atoms with Crippen LogP contribution in [0.25, 0.3) is 0 Å². The average Bonchev–Trinajstić information content (AvgIpc) is 2.52. The molecule has 6 nitrogen and oxygen atoms in total. The highest BCUT2D eigenvalue weighted by Crippen LogP contribution is 2.20. The number of benzene rings is 1. The minimum atomic E-state index is -1.31. The van der Waals surface area contributed by atoms with Gasteiger partial charge < -0.3 is 20.5 Å². The smallest absolute Gasteiger partial charge is 0.332 e. The van der Waals surface area contributed by atoms with Gasteiger partial charge in [-0.15, -0.1) is 0 Å². The Morgan fingerprint density at radius 3 is 2.33 bits per heavy atom. The van der Waals surface area contributed by atoms with E-state index in [4.69, 9.17) is 15.2 Å². The summed E-state index contributed by atoms with van der Waals surface area (Å²) in [5.74, 6) is -0.529. The van der Waals surface area contributed by atoms with Crippen molar-refractivity contribution < 1.29 is 19.1 Å². The molecule has 1 amide bonds. The number of hydrogen-bond acceptors (Lipinski definition) is 5. The van der Waals surface area contributed by atoms with Crippen molar-refractivity contribution in [2.45, 2.75) is 32.4 Å². The molecule has 0 saturated carbocycles. The molecule has 1 aromatic carbocycles. The van der Waals surface area contributed by atoms with E-state index in [-0.39, 0.29) is 12.6 Å². The first-order valence-electron chi connectivity index (χ1n) is 6.90. The maximum absolute atomic E-state index is 12.0. The standard InChI is InChI=1S/C15H22N2O4/c1-4-12(10-6-8-11(20-3)9-7-10)17-14(18)13(16)15(19)21-5-2/h6-9,12-13H,4-5,16H2,1-3H3,(H,17,18). The second-order valence-corrected chi connectivity index (χ2v) is 4.47. The number of rotatable bonds is 7. The summed E-state index contributed by atoms with van der Waals surface area (Å²) in [4.78, 5) is 23.4. The number of hydrogen-bond donors (Lipinski definition) is 2. The molecule has 6 heteroatoms. The molecule has 1 aromatic rings. The second kappa shape index (κ2) is 8.26. The molecule has 3 N–H and O–H groups in total. The molecule has 0 aliphatic rings. The van der Waals surface area contributed by atoms with Crippen molar-refractivity contribution in [2.75, 3.05) is 13.7 Å². The van der Waals surface area contributed by atoms with Crippen LogP contribution in [-0.4, -0.2) is 31.6 Å². The molecule has 21 heavy (non-hydrogen) atoms. The normalized spacial score (nSPS) is 13.1. The summed E-state index contributed by atoms with van der Waals surface area (Å²) >= 11 is 0. The van der Waals surface area contributed by atoms with E-state index in [2.05, 4.69) is 5.32 Å². The monoisotopic (exact) mass is 294 g/mol. The molecule has 0 saturated heterocycles. The fourth-order valence-electron chi connectivity index (χ4n) is 1.86. The van der Waals surface area contributed by atoms with Crippen LogP contribution in [0.5, 0.6) is 5.75 Å². The molecule has 116 valence electrons. The molecule has 0 aromatic heterocycles. The molecule has 0 heterocycles. The van der Waals surface area contributed by atoms with Crippen molar-refractivity contribution >= 4 is 11.9 Å². The molecule has 0 bridgehead atoms. The second-order valence-electron chi connectivity index (χ2n) is 4.47. The Labute approximate surface area is 124 Å². The van der Waals surface area contributed by atoms with Crippen LogP contribution in [0.15, 0.2) is 24.3 Å². The van der Waals surface area contributed by atoms with Gasteiger partial charge in [0.15, 0.2) is 6.04 Å². The SMILES string of the molecule is CCOC(=O)C(N)C(=O)NC(CC)c1ccc(OC)cc1.